The molecule has 2 aromatic heterocycles. The van der Waals surface area contributed by atoms with E-state index in [4.69, 9.17) is 0 Å². The van der Waals surface area contributed by atoms with Crippen molar-refractivity contribution in [1.82, 2.24) is 15.2 Å². The van der Waals surface area contributed by atoms with E-state index in [1.54, 1.807) is 0 Å². The zero-order valence-corrected chi connectivity index (χ0v) is 13.5. The maximum absolute atomic E-state index is 4.44. The number of nitrogens with zero attached hydrogens (tertiary/aromatic N) is 2. The van der Waals surface area contributed by atoms with Crippen LogP contribution in [-0.2, 0) is 0 Å². The van der Waals surface area contributed by atoms with E-state index in [2.05, 4.69) is 64.2 Å². The molecule has 4 aromatic rings. The Balaban J connectivity index is 1.73. The Morgan fingerprint density at radius 3 is 2.67 bits per heavy atom. The molecule has 0 unspecified atom stereocenters. The molecule has 3 nitrogen and oxygen atoms in total. The lowest BCUT2D eigenvalue weighted by Crippen LogP contribution is -1.86. The molecule has 0 aliphatic heterocycles. The summed E-state index contributed by atoms with van der Waals surface area (Å²) in [5.74, 6) is 0. The van der Waals surface area contributed by atoms with Crippen LogP contribution in [0.5, 0.6) is 0 Å². The van der Waals surface area contributed by atoms with E-state index in [-0.39, 0.29) is 0 Å². The summed E-state index contributed by atoms with van der Waals surface area (Å²) in [6.07, 6.45) is 7.91. The lowest BCUT2D eigenvalue weighted by atomic mass is 10.0. The first kappa shape index (κ1) is 14.4. The van der Waals surface area contributed by atoms with Crippen LogP contribution in [0, 0.1) is 0 Å². The second-order valence-electron chi connectivity index (χ2n) is 5.97. The number of rotatable bonds is 3. The van der Waals surface area contributed by atoms with Crippen molar-refractivity contribution in [1.29, 1.82) is 0 Å². The van der Waals surface area contributed by atoms with Gasteiger partial charge >= 0.3 is 0 Å². The smallest absolute Gasteiger partial charge is 0.0708 e. The molecule has 0 aliphatic rings. The number of nitrogens with one attached hydrogen (secondary N) is 1. The van der Waals surface area contributed by atoms with E-state index in [1.807, 2.05) is 31.5 Å². The van der Waals surface area contributed by atoms with Crippen molar-refractivity contribution < 1.29 is 0 Å². The molecule has 0 fully saturated rings. The van der Waals surface area contributed by atoms with Gasteiger partial charge in [0.05, 0.1) is 17.2 Å². The fourth-order valence-electron chi connectivity index (χ4n) is 2.90. The van der Waals surface area contributed by atoms with Crippen LogP contribution in [0.15, 0.2) is 61.4 Å². The highest BCUT2D eigenvalue weighted by Gasteiger charge is 2.03. The first-order valence-corrected chi connectivity index (χ1v) is 7.86. The SMILES string of the molecule is C=C(C)c1ccnc2ccc(/C=C/c3ccc4[nH]ncc4c3)cc12. The number of pyridine rings is 1. The average molecular weight is 311 g/mol. The molecule has 116 valence electrons. The van der Waals surface area contributed by atoms with Crippen molar-refractivity contribution in [3.8, 4) is 0 Å². The normalized spacial score (nSPS) is 11.5. The Labute approximate surface area is 140 Å². The minimum atomic E-state index is 0.993. The summed E-state index contributed by atoms with van der Waals surface area (Å²) in [5.41, 5.74) is 6.53. The van der Waals surface area contributed by atoms with Crippen LogP contribution in [0.4, 0.5) is 0 Å². The average Bonchev–Trinajstić information content (AvgIpc) is 3.06. The standard InChI is InChI=1S/C21H17N3/c1-14(2)18-9-10-22-21-8-6-16(12-19(18)21)4-3-15-5-7-20-17(11-15)13-23-24-20/h3-13H,1H2,2H3,(H,23,24)/b4-3+. The van der Waals surface area contributed by atoms with Crippen LogP contribution in [0.3, 0.4) is 0 Å². The van der Waals surface area contributed by atoms with Gasteiger partial charge < -0.3 is 0 Å². The monoisotopic (exact) mass is 311 g/mol. The molecule has 0 radical (unpaired) electrons. The summed E-state index contributed by atoms with van der Waals surface area (Å²) in [4.78, 5) is 4.44. The van der Waals surface area contributed by atoms with Gasteiger partial charge in [-0.25, -0.2) is 0 Å². The molecule has 0 saturated carbocycles. The van der Waals surface area contributed by atoms with Gasteiger partial charge in [-0.05, 0) is 53.9 Å². The molecular weight excluding hydrogens is 294 g/mol. The number of hydrogen-bond acceptors (Lipinski definition) is 2. The molecule has 0 bridgehead atoms. The fourth-order valence-corrected chi connectivity index (χ4v) is 2.90. The maximum Gasteiger partial charge on any atom is 0.0708 e. The first-order chi connectivity index (χ1) is 11.7. The summed E-state index contributed by atoms with van der Waals surface area (Å²) in [5, 5.41) is 9.28. The Kier molecular flexibility index (Phi) is 3.47. The van der Waals surface area contributed by atoms with E-state index in [0.717, 1.165) is 44.1 Å². The Morgan fingerprint density at radius 1 is 1.04 bits per heavy atom. The highest BCUT2D eigenvalue weighted by Crippen LogP contribution is 2.24. The van der Waals surface area contributed by atoms with Gasteiger partial charge in [0.15, 0.2) is 0 Å². The van der Waals surface area contributed by atoms with Crippen LogP contribution in [0.25, 0.3) is 39.5 Å². The molecule has 0 amide bonds. The van der Waals surface area contributed by atoms with Gasteiger partial charge in [-0.1, -0.05) is 36.4 Å². The maximum atomic E-state index is 4.44. The third-order valence-electron chi connectivity index (χ3n) is 4.16. The third-order valence-corrected chi connectivity index (χ3v) is 4.16. The number of aromatic amines is 1. The molecule has 2 aromatic carbocycles. The molecule has 0 spiro atoms. The minimum absolute atomic E-state index is 0.993. The van der Waals surface area contributed by atoms with Crippen molar-refractivity contribution in [2.45, 2.75) is 6.92 Å². The molecule has 2 heterocycles. The van der Waals surface area contributed by atoms with E-state index >= 15 is 0 Å². The van der Waals surface area contributed by atoms with Crippen LogP contribution in [0.1, 0.15) is 23.6 Å². The van der Waals surface area contributed by atoms with Gasteiger partial charge in [0.1, 0.15) is 0 Å². The predicted octanol–water partition coefficient (Wildman–Crippen LogP) is 5.31. The van der Waals surface area contributed by atoms with Crippen LogP contribution < -0.4 is 0 Å². The van der Waals surface area contributed by atoms with Gasteiger partial charge in [-0.15, -0.1) is 0 Å². The summed E-state index contributed by atoms with van der Waals surface area (Å²) in [7, 11) is 0. The molecule has 4 rings (SSSR count). The number of aromatic nitrogens is 3. The van der Waals surface area contributed by atoms with Crippen molar-refractivity contribution in [3.05, 3.63) is 78.1 Å². The number of allylic oxidation sites excluding steroid dienone is 1. The van der Waals surface area contributed by atoms with E-state index in [1.165, 1.54) is 0 Å². The van der Waals surface area contributed by atoms with Gasteiger partial charge in [0.2, 0.25) is 0 Å². The molecule has 0 saturated heterocycles. The Bertz CT molecular complexity index is 1090. The van der Waals surface area contributed by atoms with Crippen molar-refractivity contribution in [2.24, 2.45) is 0 Å². The highest BCUT2D eigenvalue weighted by atomic mass is 15.1. The zero-order valence-electron chi connectivity index (χ0n) is 13.5. The van der Waals surface area contributed by atoms with Crippen molar-refractivity contribution in [3.63, 3.8) is 0 Å². The molecule has 24 heavy (non-hydrogen) atoms. The van der Waals surface area contributed by atoms with Crippen molar-refractivity contribution in [2.75, 3.05) is 0 Å². The molecular formula is C21H17N3. The molecule has 1 N–H and O–H groups in total. The summed E-state index contributed by atoms with van der Waals surface area (Å²) < 4.78 is 0. The van der Waals surface area contributed by atoms with E-state index in [9.17, 15) is 0 Å². The number of fused-ring (bicyclic) bond motifs is 2. The van der Waals surface area contributed by atoms with Crippen LogP contribution >= 0.6 is 0 Å². The minimum Gasteiger partial charge on any atom is -0.278 e. The largest absolute Gasteiger partial charge is 0.278 e. The predicted molar refractivity (Wildman–Crippen MR) is 101 cm³/mol. The van der Waals surface area contributed by atoms with Crippen molar-refractivity contribution >= 4 is 39.5 Å². The molecule has 0 aliphatic carbocycles. The van der Waals surface area contributed by atoms with Gasteiger partial charge in [0, 0.05) is 17.0 Å². The van der Waals surface area contributed by atoms with E-state index in [0.29, 0.717) is 0 Å². The lowest BCUT2D eigenvalue weighted by Gasteiger charge is -2.06. The van der Waals surface area contributed by atoms with Gasteiger partial charge in [0.25, 0.3) is 0 Å². The Hall–Kier alpha value is -3.20. The summed E-state index contributed by atoms with van der Waals surface area (Å²) in [6, 6.07) is 14.6. The second kappa shape index (κ2) is 5.78. The molecule has 0 atom stereocenters. The Morgan fingerprint density at radius 2 is 1.83 bits per heavy atom. The lowest BCUT2D eigenvalue weighted by molar-refractivity contribution is 1.12. The molecule has 3 heteroatoms. The summed E-state index contributed by atoms with van der Waals surface area (Å²) >= 11 is 0. The second-order valence-corrected chi connectivity index (χ2v) is 5.97. The van der Waals surface area contributed by atoms with Gasteiger partial charge in [-0.2, -0.15) is 5.10 Å². The van der Waals surface area contributed by atoms with Crippen LogP contribution in [-0.4, -0.2) is 15.2 Å². The number of benzene rings is 2. The van der Waals surface area contributed by atoms with E-state index < -0.39 is 0 Å². The quantitative estimate of drug-likeness (QED) is 0.521. The third kappa shape index (κ3) is 2.61. The first-order valence-electron chi connectivity index (χ1n) is 7.86. The van der Waals surface area contributed by atoms with Gasteiger partial charge in [-0.3, -0.25) is 10.1 Å². The number of H-pyrrole nitrogens is 1. The van der Waals surface area contributed by atoms with Crippen LogP contribution in [0.2, 0.25) is 0 Å². The highest BCUT2D eigenvalue weighted by molar-refractivity contribution is 5.92. The fraction of sp³-hybridized carbons (Fsp3) is 0.0476. The zero-order chi connectivity index (χ0) is 16.5. The topological polar surface area (TPSA) is 41.6 Å². The number of hydrogen-bond donors (Lipinski definition) is 1. The summed E-state index contributed by atoms with van der Waals surface area (Å²) in [6.45, 7) is 6.09.